The largest absolute Gasteiger partial charge is 0.508 e. The van der Waals surface area contributed by atoms with Gasteiger partial charge in [-0.3, -0.25) is 5.01 Å². The van der Waals surface area contributed by atoms with Crippen molar-refractivity contribution < 1.29 is 18.3 Å². The molecule has 1 N–H and O–H groups in total. The van der Waals surface area contributed by atoms with E-state index in [-0.39, 0.29) is 5.75 Å². The molecular formula is C22H19F3N2O. The highest BCUT2D eigenvalue weighted by molar-refractivity contribution is 5.79. The maximum atomic E-state index is 12.8. The van der Waals surface area contributed by atoms with Gasteiger partial charge in [-0.15, -0.1) is 0 Å². The van der Waals surface area contributed by atoms with E-state index in [2.05, 4.69) is 5.10 Å². The molecular weight excluding hydrogens is 365 g/mol. The first-order valence-corrected chi connectivity index (χ1v) is 8.68. The summed E-state index contributed by atoms with van der Waals surface area (Å²) in [7, 11) is 0. The molecule has 144 valence electrons. The second-order valence-corrected chi connectivity index (χ2v) is 6.34. The van der Waals surface area contributed by atoms with Gasteiger partial charge in [-0.25, -0.2) is 0 Å². The number of aromatic hydroxyl groups is 1. The molecule has 3 nitrogen and oxygen atoms in total. The first-order chi connectivity index (χ1) is 13.4. The Labute approximate surface area is 161 Å². The highest BCUT2D eigenvalue weighted by atomic mass is 19.4. The third-order valence-corrected chi connectivity index (χ3v) is 4.12. The zero-order valence-electron chi connectivity index (χ0n) is 15.0. The molecule has 0 aliphatic heterocycles. The number of phenolic OH excluding ortho intramolecular Hbond substituents is 1. The van der Waals surface area contributed by atoms with Gasteiger partial charge in [0.2, 0.25) is 0 Å². The van der Waals surface area contributed by atoms with E-state index in [0.29, 0.717) is 13.1 Å². The summed E-state index contributed by atoms with van der Waals surface area (Å²) in [4.78, 5) is 0. The van der Waals surface area contributed by atoms with Crippen LogP contribution in [-0.2, 0) is 19.3 Å². The van der Waals surface area contributed by atoms with Crippen molar-refractivity contribution in [1.82, 2.24) is 5.01 Å². The quantitative estimate of drug-likeness (QED) is 0.453. The second-order valence-electron chi connectivity index (χ2n) is 6.34. The number of phenols is 1. The summed E-state index contributed by atoms with van der Waals surface area (Å²) < 4.78 is 38.3. The highest BCUT2D eigenvalue weighted by Gasteiger charge is 2.29. The summed E-state index contributed by atoms with van der Waals surface area (Å²) >= 11 is 0. The van der Waals surface area contributed by atoms with E-state index in [9.17, 15) is 18.3 Å². The van der Waals surface area contributed by atoms with Crippen molar-refractivity contribution in [2.75, 3.05) is 0 Å². The van der Waals surface area contributed by atoms with E-state index in [0.717, 1.165) is 28.8 Å². The van der Waals surface area contributed by atoms with Crippen molar-refractivity contribution in [3.63, 3.8) is 0 Å². The fourth-order valence-corrected chi connectivity index (χ4v) is 2.65. The molecule has 3 aromatic rings. The molecule has 0 atom stereocenters. The molecule has 6 heteroatoms. The second kappa shape index (κ2) is 8.61. The fourth-order valence-electron chi connectivity index (χ4n) is 2.65. The molecule has 0 aromatic heterocycles. The maximum Gasteiger partial charge on any atom is 0.416 e. The molecule has 0 fully saturated rings. The van der Waals surface area contributed by atoms with Crippen molar-refractivity contribution in [3.8, 4) is 5.75 Å². The number of alkyl halides is 3. The maximum absolute atomic E-state index is 12.8. The van der Waals surface area contributed by atoms with Crippen LogP contribution in [0.5, 0.6) is 5.75 Å². The predicted octanol–water partition coefficient (Wildman–Crippen LogP) is 5.45. The Morgan fingerprint density at radius 3 is 1.93 bits per heavy atom. The van der Waals surface area contributed by atoms with Gasteiger partial charge in [0, 0.05) is 0 Å². The number of rotatable bonds is 6. The summed E-state index contributed by atoms with van der Waals surface area (Å²) in [6.07, 6.45) is -2.69. The van der Waals surface area contributed by atoms with E-state index in [1.54, 1.807) is 35.5 Å². The lowest BCUT2D eigenvalue weighted by Gasteiger charge is -2.20. The molecule has 28 heavy (non-hydrogen) atoms. The van der Waals surface area contributed by atoms with Gasteiger partial charge in [0.1, 0.15) is 5.75 Å². The zero-order valence-corrected chi connectivity index (χ0v) is 15.0. The van der Waals surface area contributed by atoms with E-state index < -0.39 is 11.7 Å². The number of hydrogen-bond acceptors (Lipinski definition) is 3. The minimum atomic E-state index is -4.35. The Morgan fingerprint density at radius 2 is 1.36 bits per heavy atom. The Hall–Kier alpha value is -3.28. The van der Waals surface area contributed by atoms with Crippen LogP contribution in [0.1, 0.15) is 22.3 Å². The lowest BCUT2D eigenvalue weighted by molar-refractivity contribution is -0.137. The zero-order chi connectivity index (χ0) is 20.0. The van der Waals surface area contributed by atoms with Crippen LogP contribution in [0.25, 0.3) is 0 Å². The van der Waals surface area contributed by atoms with Crippen molar-refractivity contribution in [3.05, 3.63) is 101 Å². The smallest absolute Gasteiger partial charge is 0.416 e. The molecule has 3 aromatic carbocycles. The Kier molecular flexibility index (Phi) is 5.99. The van der Waals surface area contributed by atoms with Crippen LogP contribution in [-0.4, -0.2) is 16.3 Å². The molecule has 0 amide bonds. The van der Waals surface area contributed by atoms with Crippen molar-refractivity contribution in [1.29, 1.82) is 0 Å². The minimum absolute atomic E-state index is 0.169. The standard InChI is InChI=1S/C22H19F3N2O/c23-22(24,25)20-10-6-19(7-11-20)16-27(15-18-4-2-1-3-5-18)26-14-17-8-12-21(28)13-9-17/h1-14,28H,15-16H2/b26-14+. The fraction of sp³-hybridized carbons (Fsp3) is 0.136. The van der Waals surface area contributed by atoms with Gasteiger partial charge < -0.3 is 5.11 Å². The summed E-state index contributed by atoms with van der Waals surface area (Å²) in [6.45, 7) is 0.873. The molecule has 0 bridgehead atoms. The average Bonchev–Trinajstić information content (AvgIpc) is 2.68. The molecule has 0 heterocycles. The van der Waals surface area contributed by atoms with Gasteiger partial charge in [0.05, 0.1) is 24.9 Å². The summed E-state index contributed by atoms with van der Waals surface area (Å²) in [5.41, 5.74) is 1.91. The van der Waals surface area contributed by atoms with Gasteiger partial charge >= 0.3 is 6.18 Å². The lowest BCUT2D eigenvalue weighted by atomic mass is 10.1. The molecule has 0 aliphatic carbocycles. The number of hydrogen-bond donors (Lipinski definition) is 1. The Bertz CT molecular complexity index is 905. The first kappa shape index (κ1) is 19.5. The van der Waals surface area contributed by atoms with Crippen molar-refractivity contribution in [2.45, 2.75) is 19.3 Å². The Morgan fingerprint density at radius 1 is 0.786 bits per heavy atom. The van der Waals surface area contributed by atoms with Crippen LogP contribution < -0.4 is 0 Å². The number of hydrazone groups is 1. The minimum Gasteiger partial charge on any atom is -0.508 e. The first-order valence-electron chi connectivity index (χ1n) is 8.68. The van der Waals surface area contributed by atoms with Gasteiger partial charge in [-0.1, -0.05) is 42.5 Å². The summed E-state index contributed by atoms with van der Waals surface area (Å²) in [5.74, 6) is 0.169. The van der Waals surface area contributed by atoms with E-state index in [1.165, 1.54) is 12.1 Å². The average molecular weight is 384 g/mol. The number of benzene rings is 3. The lowest BCUT2D eigenvalue weighted by Crippen LogP contribution is -2.17. The van der Waals surface area contributed by atoms with Crippen LogP contribution in [0.2, 0.25) is 0 Å². The molecule has 3 rings (SSSR count). The molecule has 0 radical (unpaired) electrons. The normalized spacial score (nSPS) is 11.7. The van der Waals surface area contributed by atoms with Crippen LogP contribution in [0, 0.1) is 0 Å². The van der Waals surface area contributed by atoms with Gasteiger partial charge in [0.25, 0.3) is 0 Å². The van der Waals surface area contributed by atoms with Crippen molar-refractivity contribution in [2.24, 2.45) is 5.10 Å². The Balaban J connectivity index is 1.78. The highest BCUT2D eigenvalue weighted by Crippen LogP contribution is 2.29. The summed E-state index contributed by atoms with van der Waals surface area (Å²) in [5, 5.41) is 15.6. The SMILES string of the molecule is Oc1ccc(/C=N/N(Cc2ccccc2)Cc2ccc(C(F)(F)F)cc2)cc1. The number of nitrogens with zero attached hydrogens (tertiary/aromatic N) is 2. The van der Waals surface area contributed by atoms with Crippen LogP contribution in [0.3, 0.4) is 0 Å². The third kappa shape index (κ3) is 5.61. The van der Waals surface area contributed by atoms with E-state index in [1.807, 2.05) is 30.3 Å². The van der Waals surface area contributed by atoms with Crippen LogP contribution in [0.15, 0.2) is 84.0 Å². The summed E-state index contributed by atoms with van der Waals surface area (Å²) in [6, 6.07) is 21.4. The molecule has 0 spiro atoms. The molecule has 0 saturated heterocycles. The molecule has 0 aliphatic rings. The predicted molar refractivity (Wildman–Crippen MR) is 103 cm³/mol. The molecule has 0 unspecified atom stereocenters. The van der Waals surface area contributed by atoms with Gasteiger partial charge in [0.15, 0.2) is 0 Å². The van der Waals surface area contributed by atoms with E-state index in [4.69, 9.17) is 0 Å². The van der Waals surface area contributed by atoms with Crippen molar-refractivity contribution >= 4 is 6.21 Å². The third-order valence-electron chi connectivity index (χ3n) is 4.12. The number of halogens is 3. The van der Waals surface area contributed by atoms with Crippen LogP contribution in [0.4, 0.5) is 13.2 Å². The van der Waals surface area contributed by atoms with Gasteiger partial charge in [-0.2, -0.15) is 18.3 Å². The topological polar surface area (TPSA) is 35.8 Å². The van der Waals surface area contributed by atoms with Gasteiger partial charge in [-0.05, 0) is 53.1 Å². The monoisotopic (exact) mass is 384 g/mol. The van der Waals surface area contributed by atoms with E-state index >= 15 is 0 Å². The molecule has 0 saturated carbocycles. The van der Waals surface area contributed by atoms with Crippen LogP contribution >= 0.6 is 0 Å².